The van der Waals surface area contributed by atoms with E-state index >= 15 is 0 Å². The number of carbonyl (C=O) groups excluding carboxylic acids is 1. The van der Waals surface area contributed by atoms with Crippen molar-refractivity contribution < 1.29 is 10.0 Å². The molecule has 0 aromatic carbocycles. The number of amides is 1. The summed E-state index contributed by atoms with van der Waals surface area (Å²) in [7, 11) is 0. The molecule has 0 aliphatic rings. The third-order valence-electron chi connectivity index (χ3n) is 0.895. The van der Waals surface area contributed by atoms with Crippen LogP contribution in [0.4, 0.5) is 5.00 Å². The molecule has 4 nitrogen and oxygen atoms in total. The van der Waals surface area contributed by atoms with Crippen molar-refractivity contribution in [1.82, 2.24) is 5.32 Å². The summed E-state index contributed by atoms with van der Waals surface area (Å²) in [5.41, 5.74) is 0. The van der Waals surface area contributed by atoms with E-state index in [-0.39, 0.29) is 0 Å². The summed E-state index contributed by atoms with van der Waals surface area (Å²) in [6.07, 6.45) is 0.750. The predicted octanol–water partition coefficient (Wildman–Crippen LogP) is 0.971. The highest BCUT2D eigenvalue weighted by Gasteiger charge is 2.00. The Morgan fingerprint density at radius 2 is 2.55 bits per heavy atom. The molecule has 0 saturated carbocycles. The van der Waals surface area contributed by atoms with Crippen molar-refractivity contribution in [2.45, 2.75) is 0 Å². The van der Waals surface area contributed by atoms with E-state index in [2.05, 4.69) is 10.5 Å². The van der Waals surface area contributed by atoms with Crippen LogP contribution in [0.1, 0.15) is 0 Å². The van der Waals surface area contributed by atoms with Crippen molar-refractivity contribution in [3.05, 3.63) is 17.5 Å². The first-order valence-electron chi connectivity index (χ1n) is 2.79. The van der Waals surface area contributed by atoms with E-state index in [1.807, 2.05) is 5.38 Å². The van der Waals surface area contributed by atoms with E-state index in [0.717, 1.165) is 6.21 Å². The Kier molecular flexibility index (Phi) is 2.62. The minimum atomic E-state index is -0.560. The van der Waals surface area contributed by atoms with Crippen LogP contribution in [-0.4, -0.2) is 17.3 Å². The Morgan fingerprint density at radius 3 is 3.09 bits per heavy atom. The molecule has 1 aromatic rings. The highest BCUT2D eigenvalue weighted by Crippen LogP contribution is 2.14. The Morgan fingerprint density at radius 1 is 1.73 bits per heavy atom. The number of thiophene rings is 1. The molecule has 0 atom stereocenters. The molecular weight excluding hydrogens is 164 g/mol. The van der Waals surface area contributed by atoms with Crippen molar-refractivity contribution in [2.75, 3.05) is 0 Å². The summed E-state index contributed by atoms with van der Waals surface area (Å²) in [6, 6.07) is 3.49. The van der Waals surface area contributed by atoms with Crippen LogP contribution in [0, 0.1) is 0 Å². The van der Waals surface area contributed by atoms with Crippen molar-refractivity contribution in [3.63, 3.8) is 0 Å². The van der Waals surface area contributed by atoms with Gasteiger partial charge in [-0.1, -0.05) is 5.16 Å². The molecule has 57 valence electrons. The molecule has 1 rings (SSSR count). The maximum atomic E-state index is 10.6. The van der Waals surface area contributed by atoms with Crippen LogP contribution in [0.15, 0.2) is 22.7 Å². The summed E-state index contributed by atoms with van der Waals surface area (Å²) in [4.78, 5) is 10.6. The van der Waals surface area contributed by atoms with Gasteiger partial charge in [0.2, 0.25) is 0 Å². The zero-order valence-electron chi connectivity index (χ0n) is 5.47. The van der Waals surface area contributed by atoms with Gasteiger partial charge in [-0.2, -0.15) is 5.32 Å². The second-order valence-electron chi connectivity index (χ2n) is 1.65. The standard InChI is InChI=1S/C6H5N2O2S/c9-5(4-7-10)8-6-2-1-3-11-6/h1-4,10H/b7-4+. The number of hydrogen-bond acceptors (Lipinski definition) is 4. The molecule has 0 spiro atoms. The number of rotatable bonds is 2. The zero-order valence-corrected chi connectivity index (χ0v) is 6.28. The summed E-state index contributed by atoms with van der Waals surface area (Å²) in [6.45, 7) is 0. The monoisotopic (exact) mass is 169 g/mol. The first-order valence-corrected chi connectivity index (χ1v) is 3.67. The SMILES string of the molecule is O=C(/C=N/O)[N]c1cccs1. The third-order valence-corrected chi connectivity index (χ3v) is 1.66. The Balaban J connectivity index is 2.50. The molecule has 1 heterocycles. The number of hydrogen-bond donors (Lipinski definition) is 1. The first kappa shape index (κ1) is 7.74. The largest absolute Gasteiger partial charge is 0.411 e. The lowest BCUT2D eigenvalue weighted by atomic mass is 10.6. The highest BCUT2D eigenvalue weighted by atomic mass is 32.1. The van der Waals surface area contributed by atoms with Crippen LogP contribution < -0.4 is 5.32 Å². The number of oxime groups is 1. The van der Waals surface area contributed by atoms with Crippen LogP contribution in [0.3, 0.4) is 0 Å². The normalized spacial score (nSPS) is 10.2. The van der Waals surface area contributed by atoms with Crippen molar-refractivity contribution >= 4 is 28.5 Å². The van der Waals surface area contributed by atoms with Gasteiger partial charge >= 0.3 is 0 Å². The Hall–Kier alpha value is -1.36. The van der Waals surface area contributed by atoms with Crippen LogP contribution in [0.5, 0.6) is 0 Å². The molecule has 0 unspecified atom stereocenters. The lowest BCUT2D eigenvalue weighted by molar-refractivity contribution is -0.113. The molecule has 0 saturated heterocycles. The number of nitrogens with zero attached hydrogens (tertiary/aromatic N) is 2. The van der Waals surface area contributed by atoms with Crippen molar-refractivity contribution in [2.24, 2.45) is 5.16 Å². The zero-order chi connectivity index (χ0) is 8.10. The summed E-state index contributed by atoms with van der Waals surface area (Å²) >= 11 is 1.35. The van der Waals surface area contributed by atoms with Crippen molar-refractivity contribution in [1.29, 1.82) is 0 Å². The smallest absolute Gasteiger partial charge is 0.292 e. The molecule has 0 fully saturated rings. The fraction of sp³-hybridized carbons (Fsp3) is 0. The van der Waals surface area contributed by atoms with E-state index in [9.17, 15) is 4.79 Å². The average molecular weight is 169 g/mol. The van der Waals surface area contributed by atoms with Crippen LogP contribution in [-0.2, 0) is 4.79 Å². The van der Waals surface area contributed by atoms with Gasteiger partial charge in [-0.05, 0) is 17.5 Å². The van der Waals surface area contributed by atoms with Crippen LogP contribution in [0.2, 0.25) is 0 Å². The summed E-state index contributed by atoms with van der Waals surface area (Å²) in [5.74, 6) is -0.560. The average Bonchev–Trinajstić information content (AvgIpc) is 2.40. The molecule has 1 aromatic heterocycles. The topological polar surface area (TPSA) is 63.8 Å². The molecule has 5 heteroatoms. The quantitative estimate of drug-likeness (QED) is 0.407. The second kappa shape index (κ2) is 3.72. The van der Waals surface area contributed by atoms with Gasteiger partial charge in [-0.15, -0.1) is 11.3 Å². The maximum absolute atomic E-state index is 10.6. The fourth-order valence-electron chi connectivity index (χ4n) is 0.520. The minimum absolute atomic E-state index is 0.560. The lowest BCUT2D eigenvalue weighted by Gasteiger charge is -1.88. The molecule has 11 heavy (non-hydrogen) atoms. The van der Waals surface area contributed by atoms with Gasteiger partial charge in [0.05, 0.1) is 0 Å². The summed E-state index contributed by atoms with van der Waals surface area (Å²) < 4.78 is 0. The van der Waals surface area contributed by atoms with Gasteiger partial charge in [0.1, 0.15) is 11.2 Å². The predicted molar refractivity (Wildman–Crippen MR) is 41.4 cm³/mol. The number of carbonyl (C=O) groups is 1. The van der Waals surface area contributed by atoms with E-state index < -0.39 is 5.91 Å². The van der Waals surface area contributed by atoms with Gasteiger partial charge in [-0.3, -0.25) is 4.79 Å². The van der Waals surface area contributed by atoms with Gasteiger partial charge in [-0.25, -0.2) is 0 Å². The van der Waals surface area contributed by atoms with Gasteiger partial charge < -0.3 is 5.21 Å². The molecule has 0 aliphatic carbocycles. The van der Waals surface area contributed by atoms with Gasteiger partial charge in [0.15, 0.2) is 0 Å². The van der Waals surface area contributed by atoms with Crippen molar-refractivity contribution in [3.8, 4) is 0 Å². The van der Waals surface area contributed by atoms with E-state index in [0.29, 0.717) is 5.00 Å². The minimum Gasteiger partial charge on any atom is -0.411 e. The Labute approximate surface area is 67.2 Å². The van der Waals surface area contributed by atoms with E-state index in [1.165, 1.54) is 11.3 Å². The maximum Gasteiger partial charge on any atom is 0.292 e. The highest BCUT2D eigenvalue weighted by molar-refractivity contribution is 7.13. The second-order valence-corrected chi connectivity index (χ2v) is 2.57. The fourth-order valence-corrected chi connectivity index (χ4v) is 1.12. The molecule has 1 radical (unpaired) electrons. The van der Waals surface area contributed by atoms with Crippen LogP contribution >= 0.6 is 11.3 Å². The van der Waals surface area contributed by atoms with Crippen LogP contribution in [0.25, 0.3) is 0 Å². The van der Waals surface area contributed by atoms with Gasteiger partial charge in [0.25, 0.3) is 5.91 Å². The Bertz CT molecular complexity index is 256. The molecular formula is C6H5N2O2S. The molecule has 1 N–H and O–H groups in total. The van der Waals surface area contributed by atoms with E-state index in [4.69, 9.17) is 5.21 Å². The first-order chi connectivity index (χ1) is 5.33. The molecule has 0 bridgehead atoms. The molecule has 0 aliphatic heterocycles. The van der Waals surface area contributed by atoms with Gasteiger partial charge in [0, 0.05) is 0 Å². The lowest BCUT2D eigenvalue weighted by Crippen LogP contribution is -2.09. The summed E-state index contributed by atoms with van der Waals surface area (Å²) in [5, 5.41) is 16.5. The van der Waals surface area contributed by atoms with E-state index in [1.54, 1.807) is 12.1 Å². The third kappa shape index (κ3) is 2.38. The molecule has 1 amide bonds.